The Morgan fingerprint density at radius 1 is 0.848 bits per heavy atom. The molecule has 0 bridgehead atoms. The first-order valence-electron chi connectivity index (χ1n) is 12.8. The lowest BCUT2D eigenvalue weighted by Crippen LogP contribution is -2.29. The highest BCUT2D eigenvalue weighted by atomic mass is 32.2. The quantitative estimate of drug-likeness (QED) is 0.101. The molecule has 1 N–H and O–H groups in total. The minimum Gasteiger partial charge on any atom is -0.497 e. The molecule has 0 spiro atoms. The van der Waals surface area contributed by atoms with E-state index in [9.17, 15) is 8.42 Å². The summed E-state index contributed by atoms with van der Waals surface area (Å²) in [5.74, 6) is 1.47. The van der Waals surface area contributed by atoms with Gasteiger partial charge in [-0.3, -0.25) is 0 Å². The molecule has 190 valence electrons. The van der Waals surface area contributed by atoms with Gasteiger partial charge in [0.2, 0.25) is 10.0 Å². The van der Waals surface area contributed by atoms with Gasteiger partial charge in [-0.2, -0.15) is 5.10 Å². The van der Waals surface area contributed by atoms with E-state index in [2.05, 4.69) is 16.9 Å². The topological polar surface area (TPSA) is 71.0 Å². The molecule has 0 aliphatic carbocycles. The Labute approximate surface area is 203 Å². The van der Waals surface area contributed by atoms with E-state index >= 15 is 0 Å². The second kappa shape index (κ2) is 17.7. The van der Waals surface area contributed by atoms with Crippen LogP contribution in [0.25, 0.3) is 0 Å². The Hall–Kier alpha value is -1.76. The van der Waals surface area contributed by atoms with Crippen LogP contribution in [0, 0.1) is 0 Å². The molecule has 33 heavy (non-hydrogen) atoms. The summed E-state index contributed by atoms with van der Waals surface area (Å²) in [4.78, 5) is 4.20. The van der Waals surface area contributed by atoms with Crippen molar-refractivity contribution in [3.05, 3.63) is 24.3 Å². The van der Waals surface area contributed by atoms with Gasteiger partial charge >= 0.3 is 0 Å². The van der Waals surface area contributed by atoms with Crippen LogP contribution in [-0.2, 0) is 10.0 Å². The first kappa shape index (κ1) is 29.3. The molecule has 0 unspecified atom stereocenters. The van der Waals surface area contributed by atoms with Gasteiger partial charge in [-0.25, -0.2) is 13.2 Å². The summed E-state index contributed by atoms with van der Waals surface area (Å²) in [6.07, 6.45) is 17.5. The molecule has 0 saturated carbocycles. The molecule has 0 aromatic heterocycles. The molecule has 0 atom stereocenters. The number of nitrogens with zero attached hydrogens (tertiary/aromatic N) is 2. The van der Waals surface area contributed by atoms with Gasteiger partial charge in [0.05, 0.1) is 12.9 Å². The molecule has 0 fully saturated rings. The highest BCUT2D eigenvalue weighted by Gasteiger charge is 2.10. The summed E-state index contributed by atoms with van der Waals surface area (Å²) in [5.41, 5.74) is 0.906. The summed E-state index contributed by atoms with van der Waals surface area (Å²) in [6, 6.07) is 7.53. The third kappa shape index (κ3) is 14.2. The van der Waals surface area contributed by atoms with Gasteiger partial charge in [-0.15, -0.1) is 0 Å². The maximum absolute atomic E-state index is 12.2. The zero-order valence-electron chi connectivity index (χ0n) is 21.4. The number of hydrogen-bond acceptors (Lipinski definition) is 4. The highest BCUT2D eigenvalue weighted by molar-refractivity contribution is 7.89. The lowest BCUT2D eigenvalue weighted by Gasteiger charge is -2.19. The lowest BCUT2D eigenvalue weighted by molar-refractivity contribution is 0.415. The molecule has 7 heteroatoms. The van der Waals surface area contributed by atoms with Crippen molar-refractivity contribution in [1.82, 2.24) is 4.83 Å². The molecule has 0 aliphatic heterocycles. The van der Waals surface area contributed by atoms with Crippen molar-refractivity contribution in [2.75, 3.05) is 24.8 Å². The second-order valence-corrected chi connectivity index (χ2v) is 10.7. The van der Waals surface area contributed by atoms with Crippen LogP contribution in [0.2, 0.25) is 0 Å². The minimum atomic E-state index is -3.40. The number of unbranched alkanes of at least 4 members (excludes halogenated alkanes) is 13. The molecular weight excluding hydrogens is 434 g/mol. The largest absolute Gasteiger partial charge is 0.497 e. The number of benzene rings is 1. The van der Waals surface area contributed by atoms with Gasteiger partial charge in [0.25, 0.3) is 0 Å². The van der Waals surface area contributed by atoms with Crippen molar-refractivity contribution in [1.29, 1.82) is 0 Å². The van der Waals surface area contributed by atoms with Crippen molar-refractivity contribution in [3.63, 3.8) is 0 Å². The summed E-state index contributed by atoms with van der Waals surface area (Å²) in [7, 11) is 0.0695. The van der Waals surface area contributed by atoms with E-state index in [4.69, 9.17) is 4.74 Å². The highest BCUT2D eigenvalue weighted by Crippen LogP contribution is 2.18. The second-order valence-electron chi connectivity index (χ2n) is 8.92. The van der Waals surface area contributed by atoms with Crippen LogP contribution in [0.5, 0.6) is 5.75 Å². The Balaban J connectivity index is 2.11. The van der Waals surface area contributed by atoms with E-state index in [1.807, 2.05) is 36.2 Å². The molecule has 6 nitrogen and oxygen atoms in total. The number of rotatable bonds is 19. The maximum atomic E-state index is 12.2. The number of anilines is 1. The molecule has 0 saturated heterocycles. The van der Waals surface area contributed by atoms with Gasteiger partial charge < -0.3 is 9.64 Å². The number of ether oxygens (including phenoxy) is 1. The fraction of sp³-hybridized carbons (Fsp3) is 0.731. The Morgan fingerprint density at radius 3 is 1.76 bits per heavy atom. The normalized spacial score (nSPS) is 12.1. The van der Waals surface area contributed by atoms with Gasteiger partial charge in [-0.05, 0) is 37.6 Å². The van der Waals surface area contributed by atoms with E-state index in [-0.39, 0.29) is 5.75 Å². The zero-order valence-corrected chi connectivity index (χ0v) is 22.3. The lowest BCUT2D eigenvalue weighted by atomic mass is 10.0. The number of amidine groups is 1. The van der Waals surface area contributed by atoms with Gasteiger partial charge in [0, 0.05) is 12.7 Å². The maximum Gasteiger partial charge on any atom is 0.247 e. The smallest absolute Gasteiger partial charge is 0.247 e. The van der Waals surface area contributed by atoms with Crippen molar-refractivity contribution in [3.8, 4) is 5.75 Å². The third-order valence-electron chi connectivity index (χ3n) is 6.06. The minimum absolute atomic E-state index is 0.119. The van der Waals surface area contributed by atoms with Crippen LogP contribution in [0.15, 0.2) is 29.4 Å². The van der Waals surface area contributed by atoms with Crippen molar-refractivity contribution in [2.24, 2.45) is 5.10 Å². The van der Waals surface area contributed by atoms with E-state index in [1.165, 1.54) is 70.6 Å². The number of nitrogens with one attached hydrogen (secondary N) is 1. The SMILES string of the molecule is CCCCCCCCCCCCCCCCS(=O)(=O)N/N=C(/C)N(C)c1ccc(OC)cc1. The van der Waals surface area contributed by atoms with Crippen molar-refractivity contribution < 1.29 is 13.2 Å². The summed E-state index contributed by atoms with van der Waals surface area (Å²) >= 11 is 0. The molecule has 1 aromatic rings. The molecule has 0 amide bonds. The standard InChI is InChI=1S/C26H47N3O3S/c1-5-6-7-8-9-10-11-12-13-14-15-16-17-18-23-33(30,31)28-27-24(2)29(3)25-19-21-26(32-4)22-20-25/h19-22,28H,5-18,23H2,1-4H3/b27-24-. The van der Waals surface area contributed by atoms with Gasteiger partial charge in [0.15, 0.2) is 0 Å². The molecule has 1 aromatic carbocycles. The molecule has 0 aliphatic rings. The van der Waals surface area contributed by atoms with E-state index in [0.717, 1.165) is 24.3 Å². The van der Waals surface area contributed by atoms with Crippen LogP contribution in [-0.4, -0.2) is 34.2 Å². The Morgan fingerprint density at radius 2 is 1.30 bits per heavy atom. The molecule has 1 rings (SSSR count). The van der Waals surface area contributed by atoms with Gasteiger partial charge in [-0.1, -0.05) is 90.4 Å². The number of hydrogen-bond donors (Lipinski definition) is 1. The monoisotopic (exact) mass is 481 g/mol. The van der Waals surface area contributed by atoms with E-state index in [0.29, 0.717) is 12.3 Å². The fourth-order valence-corrected chi connectivity index (χ4v) is 4.68. The predicted molar refractivity (Wildman–Crippen MR) is 142 cm³/mol. The van der Waals surface area contributed by atoms with E-state index in [1.54, 1.807) is 14.0 Å². The number of sulfonamides is 1. The van der Waals surface area contributed by atoms with Crippen LogP contribution in [0.1, 0.15) is 104 Å². The summed E-state index contributed by atoms with van der Waals surface area (Å²) < 4.78 is 29.6. The Kier molecular flexibility index (Phi) is 15.7. The summed E-state index contributed by atoms with van der Waals surface area (Å²) in [5, 5.41) is 4.07. The average Bonchev–Trinajstić information content (AvgIpc) is 2.82. The number of hydrazone groups is 1. The van der Waals surface area contributed by atoms with Crippen LogP contribution >= 0.6 is 0 Å². The van der Waals surface area contributed by atoms with E-state index < -0.39 is 10.0 Å². The number of methoxy groups -OCH3 is 1. The molecular formula is C26H47N3O3S. The van der Waals surface area contributed by atoms with Crippen LogP contribution in [0.4, 0.5) is 5.69 Å². The first-order valence-corrected chi connectivity index (χ1v) is 14.5. The van der Waals surface area contributed by atoms with Crippen LogP contribution < -0.4 is 14.5 Å². The fourth-order valence-electron chi connectivity index (χ4n) is 3.74. The predicted octanol–water partition coefficient (Wildman–Crippen LogP) is 6.87. The summed E-state index contributed by atoms with van der Waals surface area (Å²) in [6.45, 7) is 4.04. The Bertz CT molecular complexity index is 749. The molecule has 0 radical (unpaired) electrons. The van der Waals surface area contributed by atoms with Crippen LogP contribution in [0.3, 0.4) is 0 Å². The van der Waals surface area contributed by atoms with Crippen molar-refractivity contribution >= 4 is 21.5 Å². The van der Waals surface area contributed by atoms with Gasteiger partial charge in [0.1, 0.15) is 11.6 Å². The van der Waals surface area contributed by atoms with Crippen molar-refractivity contribution in [2.45, 2.75) is 104 Å². The third-order valence-corrected chi connectivity index (χ3v) is 7.25. The molecule has 0 heterocycles. The average molecular weight is 482 g/mol. The first-order chi connectivity index (χ1) is 15.9. The zero-order chi connectivity index (χ0) is 24.4.